The molecule has 2 amide bonds. The van der Waals surface area contributed by atoms with Crippen LogP contribution >= 0.6 is 0 Å². The first-order valence-electron chi connectivity index (χ1n) is 13.1. The van der Waals surface area contributed by atoms with E-state index < -0.39 is 5.54 Å². The number of likely N-dealkylation sites (tertiary alicyclic amines) is 1. The molecule has 0 saturated carbocycles. The lowest BCUT2D eigenvalue weighted by atomic mass is 9.67. The summed E-state index contributed by atoms with van der Waals surface area (Å²) in [4.78, 5) is 38.3. The van der Waals surface area contributed by atoms with Crippen LogP contribution < -0.4 is 0 Å². The minimum atomic E-state index is -0.564. The molecule has 0 radical (unpaired) electrons. The van der Waals surface area contributed by atoms with Gasteiger partial charge in [-0.1, -0.05) is 30.3 Å². The summed E-state index contributed by atoms with van der Waals surface area (Å²) in [5.41, 5.74) is 3.23. The molecule has 2 fully saturated rings. The van der Waals surface area contributed by atoms with Gasteiger partial charge in [-0.3, -0.25) is 14.5 Å². The third kappa shape index (κ3) is 4.04. The minimum absolute atomic E-state index is 0.0162. The molecule has 1 unspecified atom stereocenters. The largest absolute Gasteiger partial charge is 0.378 e. The van der Waals surface area contributed by atoms with Crippen molar-refractivity contribution in [2.75, 3.05) is 39.4 Å². The highest BCUT2D eigenvalue weighted by Gasteiger charge is 2.61. The molecule has 6 rings (SSSR count). The Hall–Kier alpha value is -3.49. The summed E-state index contributed by atoms with van der Waals surface area (Å²) < 4.78 is 7.50. The van der Waals surface area contributed by atoms with Gasteiger partial charge in [0.1, 0.15) is 0 Å². The van der Waals surface area contributed by atoms with Gasteiger partial charge in [-0.2, -0.15) is 0 Å². The number of morpholine rings is 1. The summed E-state index contributed by atoms with van der Waals surface area (Å²) in [5.74, 6) is -0.249. The summed E-state index contributed by atoms with van der Waals surface area (Å²) in [6.45, 7) is 8.51. The molecule has 192 valence electrons. The topological polar surface area (TPSA) is 70.9 Å². The second-order valence-electron chi connectivity index (χ2n) is 10.6. The van der Waals surface area contributed by atoms with Crippen LogP contribution in [0.4, 0.5) is 0 Å². The Morgan fingerprint density at radius 1 is 1.08 bits per heavy atom. The van der Waals surface area contributed by atoms with E-state index in [9.17, 15) is 9.59 Å². The van der Waals surface area contributed by atoms with Gasteiger partial charge in [-0.25, -0.2) is 4.98 Å². The molecule has 0 N–H and O–H groups in total. The molecule has 1 atom stereocenters. The van der Waals surface area contributed by atoms with E-state index in [1.807, 2.05) is 44.8 Å². The van der Waals surface area contributed by atoms with Crippen LogP contribution in [0.1, 0.15) is 41.3 Å². The Bertz CT molecular complexity index is 1280. The van der Waals surface area contributed by atoms with Crippen LogP contribution in [0.2, 0.25) is 0 Å². The average molecular weight is 500 g/mol. The van der Waals surface area contributed by atoms with Crippen molar-refractivity contribution in [2.24, 2.45) is 0 Å². The van der Waals surface area contributed by atoms with Gasteiger partial charge in [0.05, 0.1) is 31.0 Å². The normalized spacial score (nSPS) is 21.3. The Labute approximate surface area is 217 Å². The van der Waals surface area contributed by atoms with Crippen molar-refractivity contribution in [3.63, 3.8) is 0 Å². The van der Waals surface area contributed by atoms with Gasteiger partial charge in [0.2, 0.25) is 5.91 Å². The Morgan fingerprint density at radius 2 is 1.81 bits per heavy atom. The minimum Gasteiger partial charge on any atom is -0.378 e. The SMILES string of the molecule is CC(C)N1C(=O)c2ccccc2C(C(=O)N2CCOCC2)C12CN(Cc1ccc(-n3ccnc3)cc1)C2. The van der Waals surface area contributed by atoms with Crippen LogP contribution in [-0.2, 0) is 16.1 Å². The molecule has 3 aliphatic heterocycles. The zero-order valence-corrected chi connectivity index (χ0v) is 21.4. The Morgan fingerprint density at radius 3 is 2.49 bits per heavy atom. The van der Waals surface area contributed by atoms with Crippen molar-refractivity contribution in [2.45, 2.75) is 37.9 Å². The van der Waals surface area contributed by atoms with Gasteiger partial charge in [-0.15, -0.1) is 0 Å². The van der Waals surface area contributed by atoms with E-state index in [4.69, 9.17) is 4.74 Å². The number of fused-ring (bicyclic) bond motifs is 1. The number of nitrogens with zero attached hydrogens (tertiary/aromatic N) is 5. The van der Waals surface area contributed by atoms with E-state index in [2.05, 4.69) is 48.0 Å². The van der Waals surface area contributed by atoms with Gasteiger partial charge in [-0.05, 0) is 43.2 Å². The fraction of sp³-hybridized carbons (Fsp3) is 0.414. The van der Waals surface area contributed by atoms with Crippen LogP contribution in [0.25, 0.3) is 5.69 Å². The fourth-order valence-corrected chi connectivity index (χ4v) is 6.40. The molecule has 2 aromatic carbocycles. The third-order valence-electron chi connectivity index (χ3n) is 7.96. The van der Waals surface area contributed by atoms with Crippen molar-refractivity contribution in [3.8, 4) is 5.69 Å². The number of hydrogen-bond donors (Lipinski definition) is 0. The molecule has 8 heteroatoms. The maximum atomic E-state index is 14.1. The second kappa shape index (κ2) is 9.43. The van der Waals surface area contributed by atoms with E-state index >= 15 is 0 Å². The summed E-state index contributed by atoms with van der Waals surface area (Å²) in [5, 5.41) is 0. The zero-order valence-electron chi connectivity index (χ0n) is 21.4. The summed E-state index contributed by atoms with van der Waals surface area (Å²) >= 11 is 0. The number of carbonyl (C=O) groups is 2. The van der Waals surface area contributed by atoms with Crippen molar-refractivity contribution in [3.05, 3.63) is 83.9 Å². The Kier molecular flexibility index (Phi) is 6.09. The predicted molar refractivity (Wildman–Crippen MR) is 139 cm³/mol. The summed E-state index contributed by atoms with van der Waals surface area (Å²) in [6.07, 6.45) is 5.49. The van der Waals surface area contributed by atoms with Gasteiger partial charge in [0.25, 0.3) is 5.91 Å². The van der Waals surface area contributed by atoms with Crippen molar-refractivity contribution in [1.29, 1.82) is 0 Å². The molecule has 37 heavy (non-hydrogen) atoms. The molecule has 3 aromatic rings. The Balaban J connectivity index is 1.30. The van der Waals surface area contributed by atoms with Crippen LogP contribution in [0.3, 0.4) is 0 Å². The molecule has 4 heterocycles. The van der Waals surface area contributed by atoms with Gasteiger partial charge >= 0.3 is 0 Å². The first-order chi connectivity index (χ1) is 18.0. The highest BCUT2D eigenvalue weighted by molar-refractivity contribution is 6.02. The van der Waals surface area contributed by atoms with Crippen molar-refractivity contribution < 1.29 is 14.3 Å². The lowest BCUT2D eigenvalue weighted by Gasteiger charge is -2.62. The zero-order chi connectivity index (χ0) is 25.6. The highest BCUT2D eigenvalue weighted by atomic mass is 16.5. The van der Waals surface area contributed by atoms with E-state index in [0.29, 0.717) is 45.0 Å². The third-order valence-corrected chi connectivity index (χ3v) is 7.96. The van der Waals surface area contributed by atoms with Gasteiger partial charge in [0, 0.05) is 62.4 Å². The average Bonchev–Trinajstić information content (AvgIpc) is 3.43. The molecule has 1 aromatic heterocycles. The van der Waals surface area contributed by atoms with E-state index in [1.54, 1.807) is 12.5 Å². The lowest BCUT2D eigenvalue weighted by molar-refractivity contribution is -0.148. The monoisotopic (exact) mass is 499 g/mol. The molecular formula is C29H33N5O3. The van der Waals surface area contributed by atoms with Crippen LogP contribution in [0.5, 0.6) is 0 Å². The summed E-state index contributed by atoms with van der Waals surface area (Å²) in [7, 11) is 0. The number of aromatic nitrogens is 2. The van der Waals surface area contributed by atoms with Crippen molar-refractivity contribution in [1.82, 2.24) is 24.3 Å². The number of carbonyl (C=O) groups excluding carboxylic acids is 2. The van der Waals surface area contributed by atoms with Crippen LogP contribution in [0, 0.1) is 0 Å². The lowest BCUT2D eigenvalue weighted by Crippen LogP contribution is -2.77. The van der Waals surface area contributed by atoms with E-state index in [-0.39, 0.29) is 23.8 Å². The maximum absolute atomic E-state index is 14.1. The molecule has 0 bridgehead atoms. The smallest absolute Gasteiger partial charge is 0.254 e. The van der Waals surface area contributed by atoms with Crippen LogP contribution in [-0.4, -0.2) is 87.0 Å². The maximum Gasteiger partial charge on any atom is 0.254 e. The number of imidazole rings is 1. The van der Waals surface area contributed by atoms with E-state index in [1.165, 1.54) is 5.56 Å². The highest BCUT2D eigenvalue weighted by Crippen LogP contribution is 2.48. The molecule has 8 nitrogen and oxygen atoms in total. The number of benzene rings is 2. The standard InChI is InChI=1S/C29H33N5O3/c1-21(2)34-27(35)25-6-4-3-5-24(25)26(28(36)32-13-15-37-16-14-32)29(34)18-31(19-29)17-22-7-9-23(10-8-22)33-12-11-30-20-33/h3-12,20-21,26H,13-19H2,1-2H3. The molecule has 2 saturated heterocycles. The van der Waals surface area contributed by atoms with E-state index in [0.717, 1.165) is 17.8 Å². The van der Waals surface area contributed by atoms with Gasteiger partial charge in [0.15, 0.2) is 0 Å². The number of hydrogen-bond acceptors (Lipinski definition) is 5. The quantitative estimate of drug-likeness (QED) is 0.540. The first kappa shape index (κ1) is 23.9. The number of amides is 2. The fourth-order valence-electron chi connectivity index (χ4n) is 6.40. The molecule has 0 aliphatic carbocycles. The second-order valence-corrected chi connectivity index (χ2v) is 10.6. The predicted octanol–water partition coefficient (Wildman–Crippen LogP) is 2.93. The van der Waals surface area contributed by atoms with Gasteiger partial charge < -0.3 is 19.1 Å². The molecular weight excluding hydrogens is 466 g/mol. The summed E-state index contributed by atoms with van der Waals surface area (Å²) in [6, 6.07) is 16.1. The molecule has 1 spiro atoms. The molecule has 3 aliphatic rings. The number of ether oxygens (including phenoxy) is 1. The van der Waals surface area contributed by atoms with Crippen molar-refractivity contribution >= 4 is 11.8 Å². The first-order valence-corrected chi connectivity index (χ1v) is 13.1. The van der Waals surface area contributed by atoms with Crippen LogP contribution in [0.15, 0.2) is 67.3 Å². The number of rotatable bonds is 5.